The zero-order chi connectivity index (χ0) is 16.9. The van der Waals surface area contributed by atoms with E-state index in [-0.39, 0.29) is 11.2 Å². The highest BCUT2D eigenvalue weighted by molar-refractivity contribution is 6.09. The molecule has 120 valence electrons. The predicted molar refractivity (Wildman–Crippen MR) is 99.1 cm³/mol. The van der Waals surface area contributed by atoms with Crippen LogP contribution in [0.25, 0.3) is 6.08 Å². The molecule has 0 spiro atoms. The normalized spacial score (nSPS) is 18.3. The number of hydrogen-bond donors (Lipinski definition) is 0. The van der Waals surface area contributed by atoms with E-state index in [0.29, 0.717) is 5.57 Å². The fraction of sp³-hybridized carbons (Fsp3) is 0.318. The molecule has 0 saturated carbocycles. The summed E-state index contributed by atoms with van der Waals surface area (Å²) in [7, 11) is 0. The van der Waals surface area contributed by atoms with Gasteiger partial charge in [-0.1, -0.05) is 68.5 Å². The van der Waals surface area contributed by atoms with Crippen LogP contribution in [-0.4, -0.2) is 5.78 Å². The summed E-state index contributed by atoms with van der Waals surface area (Å²) in [4.78, 5) is 12.5. The molecule has 0 bridgehead atoms. The van der Waals surface area contributed by atoms with Crippen LogP contribution in [0.4, 0.5) is 0 Å². The molecule has 1 aliphatic rings. The second-order valence-corrected chi connectivity index (χ2v) is 6.84. The Hall–Kier alpha value is -2.15. The van der Waals surface area contributed by atoms with Crippen LogP contribution >= 0.6 is 0 Å². The molecule has 0 N–H and O–H groups in total. The second kappa shape index (κ2) is 7.41. The van der Waals surface area contributed by atoms with E-state index in [2.05, 4.69) is 27.4 Å². The van der Waals surface area contributed by atoms with E-state index in [1.807, 2.05) is 42.5 Å². The van der Waals surface area contributed by atoms with Crippen molar-refractivity contribution in [2.24, 2.45) is 5.41 Å². The second-order valence-electron chi connectivity index (χ2n) is 6.84. The first kappa shape index (κ1) is 17.2. The molecule has 1 aromatic rings. The lowest BCUT2D eigenvalue weighted by Crippen LogP contribution is -2.19. The molecule has 23 heavy (non-hydrogen) atoms. The van der Waals surface area contributed by atoms with Crippen molar-refractivity contribution in [1.82, 2.24) is 0 Å². The smallest absolute Gasteiger partial charge is 0.185 e. The number of benzene rings is 1. The zero-order valence-corrected chi connectivity index (χ0v) is 14.4. The molecule has 1 aromatic carbocycles. The summed E-state index contributed by atoms with van der Waals surface area (Å²) in [5, 5.41) is 0. The van der Waals surface area contributed by atoms with Crippen molar-refractivity contribution in [3.63, 3.8) is 0 Å². The van der Waals surface area contributed by atoms with Gasteiger partial charge in [-0.15, -0.1) is 0 Å². The van der Waals surface area contributed by atoms with Gasteiger partial charge in [-0.3, -0.25) is 4.79 Å². The van der Waals surface area contributed by atoms with Crippen molar-refractivity contribution in [3.05, 3.63) is 77.4 Å². The minimum Gasteiger partial charge on any atom is -0.289 e. The first-order valence-corrected chi connectivity index (χ1v) is 8.26. The fourth-order valence-electron chi connectivity index (χ4n) is 3.23. The molecule has 0 aromatic heterocycles. The lowest BCUT2D eigenvalue weighted by Gasteiger charge is -2.32. The molecule has 0 amide bonds. The Labute approximate surface area is 140 Å². The Kier molecular flexibility index (Phi) is 5.54. The van der Waals surface area contributed by atoms with E-state index in [1.54, 1.807) is 12.2 Å². The van der Waals surface area contributed by atoms with Crippen molar-refractivity contribution >= 4 is 11.9 Å². The fourth-order valence-corrected chi connectivity index (χ4v) is 3.23. The van der Waals surface area contributed by atoms with Crippen LogP contribution in [0.1, 0.15) is 45.6 Å². The molecule has 0 saturated heterocycles. The maximum Gasteiger partial charge on any atom is 0.185 e. The summed E-state index contributed by atoms with van der Waals surface area (Å²) in [6.45, 7) is 10.5. The van der Waals surface area contributed by atoms with Gasteiger partial charge in [0.15, 0.2) is 5.78 Å². The summed E-state index contributed by atoms with van der Waals surface area (Å²) in [5.41, 5.74) is 4.49. The first-order chi connectivity index (χ1) is 10.9. The molecule has 1 nitrogen and oxygen atoms in total. The number of allylic oxidation sites excluding steroid dienone is 6. The quantitative estimate of drug-likeness (QED) is 0.488. The van der Waals surface area contributed by atoms with Crippen molar-refractivity contribution < 1.29 is 4.79 Å². The molecule has 0 unspecified atom stereocenters. The first-order valence-electron chi connectivity index (χ1n) is 8.26. The van der Waals surface area contributed by atoms with Crippen LogP contribution in [0.2, 0.25) is 0 Å². The predicted octanol–water partition coefficient (Wildman–Crippen LogP) is 5.91. The van der Waals surface area contributed by atoms with Gasteiger partial charge in [0.05, 0.1) is 0 Å². The Morgan fingerprint density at radius 1 is 1.22 bits per heavy atom. The van der Waals surface area contributed by atoms with Crippen molar-refractivity contribution in [2.75, 3.05) is 0 Å². The van der Waals surface area contributed by atoms with Crippen LogP contribution < -0.4 is 0 Å². The molecular weight excluding hydrogens is 280 g/mol. The Bertz CT molecular complexity index is 669. The van der Waals surface area contributed by atoms with Crippen molar-refractivity contribution in [1.29, 1.82) is 0 Å². The van der Waals surface area contributed by atoms with Gasteiger partial charge in [0.1, 0.15) is 0 Å². The zero-order valence-electron chi connectivity index (χ0n) is 14.4. The summed E-state index contributed by atoms with van der Waals surface area (Å²) in [6.07, 6.45) is 10.8. The lowest BCUT2D eigenvalue weighted by atomic mass is 9.72. The minimum atomic E-state index is 0.00512. The van der Waals surface area contributed by atoms with Gasteiger partial charge in [0.25, 0.3) is 0 Å². The Balaban J connectivity index is 2.23. The van der Waals surface area contributed by atoms with Gasteiger partial charge < -0.3 is 0 Å². The third-order valence-corrected chi connectivity index (χ3v) is 4.57. The summed E-state index contributed by atoms with van der Waals surface area (Å²) >= 11 is 0. The average Bonchev–Trinajstić information content (AvgIpc) is 2.52. The molecule has 0 aliphatic heterocycles. The van der Waals surface area contributed by atoms with E-state index in [0.717, 1.165) is 12.0 Å². The van der Waals surface area contributed by atoms with Crippen molar-refractivity contribution in [2.45, 2.75) is 40.0 Å². The van der Waals surface area contributed by atoms with Crippen LogP contribution in [0.5, 0.6) is 0 Å². The van der Waals surface area contributed by atoms with Crippen molar-refractivity contribution in [3.8, 4) is 0 Å². The molecule has 1 heteroatoms. The largest absolute Gasteiger partial charge is 0.289 e. The molecule has 0 heterocycles. The van der Waals surface area contributed by atoms with E-state index in [4.69, 9.17) is 0 Å². The molecule has 0 atom stereocenters. The number of carbonyl (C=O) groups excluding carboxylic acids is 1. The van der Waals surface area contributed by atoms with Gasteiger partial charge in [-0.05, 0) is 54.9 Å². The third-order valence-electron chi connectivity index (χ3n) is 4.57. The molecule has 0 fully saturated rings. The summed E-state index contributed by atoms with van der Waals surface area (Å²) < 4.78 is 0. The minimum absolute atomic E-state index is 0.00512. The Morgan fingerprint density at radius 3 is 2.52 bits per heavy atom. The summed E-state index contributed by atoms with van der Waals surface area (Å²) in [5.74, 6) is 0.00512. The maximum absolute atomic E-state index is 12.5. The van der Waals surface area contributed by atoms with Gasteiger partial charge in [-0.2, -0.15) is 0 Å². The van der Waals surface area contributed by atoms with E-state index < -0.39 is 0 Å². The van der Waals surface area contributed by atoms with Gasteiger partial charge >= 0.3 is 0 Å². The number of ketones is 1. The average molecular weight is 306 g/mol. The van der Waals surface area contributed by atoms with Crippen LogP contribution in [0.15, 0.2) is 71.9 Å². The van der Waals surface area contributed by atoms with E-state index in [1.165, 1.54) is 24.0 Å². The number of hydrogen-bond acceptors (Lipinski definition) is 1. The molecular formula is C22H26O. The topological polar surface area (TPSA) is 17.1 Å². The molecule has 0 radical (unpaired) electrons. The highest BCUT2D eigenvalue weighted by Gasteiger charge is 2.26. The number of rotatable bonds is 5. The van der Waals surface area contributed by atoms with Crippen LogP contribution in [0, 0.1) is 5.41 Å². The highest BCUT2D eigenvalue weighted by atomic mass is 16.1. The van der Waals surface area contributed by atoms with E-state index >= 15 is 0 Å². The Morgan fingerprint density at radius 2 is 1.91 bits per heavy atom. The van der Waals surface area contributed by atoms with Gasteiger partial charge in [0.2, 0.25) is 0 Å². The maximum atomic E-state index is 12.5. The molecule has 1 aliphatic carbocycles. The van der Waals surface area contributed by atoms with Crippen LogP contribution in [0.3, 0.4) is 0 Å². The standard InChI is InChI=1S/C22H26O/c1-5-19(16-18-11-7-6-8-12-18)21(23)14-13-20-17(2)10-9-15-22(20,3)4/h5-8,11-14,16H,1,9-10,15H2,2-4H3/b14-13+,19-16-. The van der Waals surface area contributed by atoms with E-state index in [9.17, 15) is 4.79 Å². The van der Waals surface area contributed by atoms with Gasteiger partial charge in [-0.25, -0.2) is 0 Å². The van der Waals surface area contributed by atoms with Gasteiger partial charge in [0, 0.05) is 5.57 Å². The lowest BCUT2D eigenvalue weighted by molar-refractivity contribution is -0.111. The SMILES string of the molecule is C=C/C(=C/c1ccccc1)C(=O)/C=C/C1=C(C)CCCC1(C)C. The van der Waals surface area contributed by atoms with Crippen LogP contribution in [-0.2, 0) is 4.79 Å². The summed E-state index contributed by atoms with van der Waals surface area (Å²) in [6, 6.07) is 9.86. The molecule has 2 rings (SSSR count). The monoisotopic (exact) mass is 306 g/mol. The number of carbonyl (C=O) groups is 1. The highest BCUT2D eigenvalue weighted by Crippen LogP contribution is 2.40. The third kappa shape index (κ3) is 4.41.